The Hall–Kier alpha value is -2.54. The molecular weight excluding hydrogens is 345 g/mol. The first kappa shape index (κ1) is 18.3. The van der Waals surface area contributed by atoms with Gasteiger partial charge < -0.3 is 14.5 Å². The molecule has 0 spiro atoms. The van der Waals surface area contributed by atoms with Gasteiger partial charge in [-0.2, -0.15) is 0 Å². The number of halogens is 3. The Bertz CT molecular complexity index is 748. The normalized spacial score (nSPS) is 18.6. The standard InChI is InChI=1S/C19H19F3N2O2/c1-23-11-12-24(17(13-23)14-5-3-2-4-6-14)18(25)15-7-9-16(10-8-15)26-19(20,21)22/h2-10,17H,11-13H2,1H3. The lowest BCUT2D eigenvalue weighted by Crippen LogP contribution is -2.49. The minimum atomic E-state index is -4.75. The van der Waals surface area contributed by atoms with Crippen LogP contribution >= 0.6 is 0 Å². The first-order valence-electron chi connectivity index (χ1n) is 8.24. The number of carbonyl (C=O) groups is 1. The van der Waals surface area contributed by atoms with Crippen molar-refractivity contribution in [1.29, 1.82) is 0 Å². The molecule has 1 unspecified atom stereocenters. The van der Waals surface area contributed by atoms with Gasteiger partial charge in [-0.15, -0.1) is 13.2 Å². The van der Waals surface area contributed by atoms with E-state index in [1.54, 1.807) is 4.90 Å². The van der Waals surface area contributed by atoms with Gasteiger partial charge in [0.2, 0.25) is 0 Å². The Kier molecular flexibility index (Phi) is 5.18. The first-order valence-corrected chi connectivity index (χ1v) is 8.24. The number of ether oxygens (including phenoxy) is 1. The Morgan fingerprint density at radius 2 is 1.69 bits per heavy atom. The van der Waals surface area contributed by atoms with Crippen LogP contribution in [0.2, 0.25) is 0 Å². The minimum Gasteiger partial charge on any atom is -0.406 e. The van der Waals surface area contributed by atoms with Crippen molar-refractivity contribution in [2.24, 2.45) is 0 Å². The molecule has 0 aliphatic carbocycles. The highest BCUT2D eigenvalue weighted by Gasteiger charge is 2.32. The number of hydrogen-bond acceptors (Lipinski definition) is 3. The van der Waals surface area contributed by atoms with E-state index in [1.165, 1.54) is 12.1 Å². The topological polar surface area (TPSA) is 32.8 Å². The van der Waals surface area contributed by atoms with Crippen LogP contribution in [0.4, 0.5) is 13.2 Å². The van der Waals surface area contributed by atoms with E-state index in [1.807, 2.05) is 37.4 Å². The molecule has 1 heterocycles. The van der Waals surface area contributed by atoms with Gasteiger partial charge in [0.15, 0.2) is 0 Å². The molecule has 1 amide bonds. The molecule has 0 bridgehead atoms. The maximum absolute atomic E-state index is 12.9. The molecule has 7 heteroatoms. The molecule has 2 aromatic rings. The number of carbonyl (C=O) groups excluding carboxylic acids is 1. The maximum atomic E-state index is 12.9. The summed E-state index contributed by atoms with van der Waals surface area (Å²) in [6.07, 6.45) is -4.75. The van der Waals surface area contributed by atoms with Gasteiger partial charge in [-0.3, -0.25) is 4.79 Å². The monoisotopic (exact) mass is 364 g/mol. The van der Waals surface area contributed by atoms with Crippen LogP contribution in [0.5, 0.6) is 5.75 Å². The lowest BCUT2D eigenvalue weighted by Gasteiger charge is -2.40. The summed E-state index contributed by atoms with van der Waals surface area (Å²) < 4.78 is 40.6. The summed E-state index contributed by atoms with van der Waals surface area (Å²) in [6.45, 7) is 1.99. The number of amides is 1. The summed E-state index contributed by atoms with van der Waals surface area (Å²) >= 11 is 0. The second-order valence-electron chi connectivity index (χ2n) is 6.26. The Morgan fingerprint density at radius 1 is 1.04 bits per heavy atom. The van der Waals surface area contributed by atoms with Gasteiger partial charge in [0.05, 0.1) is 6.04 Å². The predicted octanol–water partition coefficient (Wildman–Crippen LogP) is 3.71. The highest BCUT2D eigenvalue weighted by molar-refractivity contribution is 5.94. The molecular formula is C19H19F3N2O2. The van der Waals surface area contributed by atoms with Crippen LogP contribution in [-0.2, 0) is 0 Å². The zero-order valence-electron chi connectivity index (χ0n) is 14.2. The quantitative estimate of drug-likeness (QED) is 0.832. The third kappa shape index (κ3) is 4.35. The molecule has 1 aliphatic rings. The van der Waals surface area contributed by atoms with Crippen molar-refractivity contribution in [2.75, 3.05) is 26.7 Å². The molecule has 138 valence electrons. The molecule has 0 N–H and O–H groups in total. The number of alkyl halides is 3. The largest absolute Gasteiger partial charge is 0.573 e. The van der Waals surface area contributed by atoms with E-state index < -0.39 is 6.36 Å². The smallest absolute Gasteiger partial charge is 0.406 e. The van der Waals surface area contributed by atoms with Crippen molar-refractivity contribution in [3.63, 3.8) is 0 Å². The molecule has 0 radical (unpaired) electrons. The van der Waals surface area contributed by atoms with Crippen molar-refractivity contribution in [2.45, 2.75) is 12.4 Å². The lowest BCUT2D eigenvalue weighted by atomic mass is 10.0. The number of rotatable bonds is 3. The summed E-state index contributed by atoms with van der Waals surface area (Å²) in [7, 11) is 2.00. The van der Waals surface area contributed by atoms with Crippen LogP contribution in [0.1, 0.15) is 22.0 Å². The lowest BCUT2D eigenvalue weighted by molar-refractivity contribution is -0.274. The summed E-state index contributed by atoms with van der Waals surface area (Å²) in [5.74, 6) is -0.544. The van der Waals surface area contributed by atoms with Crippen molar-refractivity contribution in [3.8, 4) is 5.75 Å². The Morgan fingerprint density at radius 3 is 2.31 bits per heavy atom. The first-order chi connectivity index (χ1) is 12.3. The number of piperazine rings is 1. The minimum absolute atomic E-state index is 0.103. The molecule has 2 aromatic carbocycles. The zero-order chi connectivity index (χ0) is 18.7. The van der Waals surface area contributed by atoms with Crippen LogP contribution in [0.3, 0.4) is 0 Å². The molecule has 4 nitrogen and oxygen atoms in total. The zero-order valence-corrected chi connectivity index (χ0v) is 14.2. The molecule has 1 fully saturated rings. The number of likely N-dealkylation sites (N-methyl/N-ethyl adjacent to an activating group) is 1. The molecule has 0 aromatic heterocycles. The molecule has 1 saturated heterocycles. The predicted molar refractivity (Wildman–Crippen MR) is 90.8 cm³/mol. The summed E-state index contributed by atoms with van der Waals surface area (Å²) in [6, 6.07) is 14.7. The second kappa shape index (κ2) is 7.37. The Balaban J connectivity index is 1.80. The van der Waals surface area contributed by atoms with Gasteiger partial charge in [-0.1, -0.05) is 30.3 Å². The molecule has 3 rings (SSSR count). The highest BCUT2D eigenvalue weighted by Crippen LogP contribution is 2.28. The van der Waals surface area contributed by atoms with Crippen molar-refractivity contribution < 1.29 is 22.7 Å². The van der Waals surface area contributed by atoms with Crippen molar-refractivity contribution in [1.82, 2.24) is 9.80 Å². The van der Waals surface area contributed by atoms with Crippen molar-refractivity contribution >= 4 is 5.91 Å². The molecule has 0 saturated carbocycles. The van der Waals surface area contributed by atoms with E-state index in [0.717, 1.165) is 24.2 Å². The van der Waals surface area contributed by atoms with E-state index in [9.17, 15) is 18.0 Å². The van der Waals surface area contributed by atoms with Crippen LogP contribution in [0, 0.1) is 0 Å². The fraction of sp³-hybridized carbons (Fsp3) is 0.316. The van der Waals surface area contributed by atoms with E-state index in [-0.39, 0.29) is 17.7 Å². The number of hydrogen-bond donors (Lipinski definition) is 0. The third-order valence-corrected chi connectivity index (χ3v) is 4.36. The molecule has 1 atom stereocenters. The SMILES string of the molecule is CN1CCN(C(=O)c2ccc(OC(F)(F)F)cc2)C(c2ccccc2)C1. The van der Waals surface area contributed by atoms with E-state index >= 15 is 0 Å². The van der Waals surface area contributed by atoms with Gasteiger partial charge in [0, 0.05) is 25.2 Å². The van der Waals surface area contributed by atoms with Gasteiger partial charge in [-0.05, 0) is 36.9 Å². The van der Waals surface area contributed by atoms with Gasteiger partial charge in [0.25, 0.3) is 5.91 Å². The fourth-order valence-electron chi connectivity index (χ4n) is 3.09. The van der Waals surface area contributed by atoms with Crippen LogP contribution in [0.25, 0.3) is 0 Å². The number of nitrogens with zero attached hydrogens (tertiary/aromatic N) is 2. The Labute approximate surface area is 149 Å². The average Bonchev–Trinajstić information content (AvgIpc) is 2.61. The van der Waals surface area contributed by atoms with Crippen LogP contribution in [0.15, 0.2) is 54.6 Å². The summed E-state index contributed by atoms with van der Waals surface area (Å²) in [5.41, 5.74) is 1.37. The fourth-order valence-corrected chi connectivity index (χ4v) is 3.09. The molecule has 26 heavy (non-hydrogen) atoms. The van der Waals surface area contributed by atoms with E-state index in [4.69, 9.17) is 0 Å². The van der Waals surface area contributed by atoms with Gasteiger partial charge >= 0.3 is 6.36 Å². The summed E-state index contributed by atoms with van der Waals surface area (Å²) in [5, 5.41) is 0. The van der Waals surface area contributed by atoms with Gasteiger partial charge in [-0.25, -0.2) is 0 Å². The number of benzene rings is 2. The van der Waals surface area contributed by atoms with E-state index in [0.29, 0.717) is 18.7 Å². The summed E-state index contributed by atoms with van der Waals surface area (Å²) in [4.78, 5) is 16.9. The van der Waals surface area contributed by atoms with Crippen LogP contribution in [-0.4, -0.2) is 48.8 Å². The van der Waals surface area contributed by atoms with Crippen LogP contribution < -0.4 is 4.74 Å². The maximum Gasteiger partial charge on any atom is 0.573 e. The average molecular weight is 364 g/mol. The van der Waals surface area contributed by atoms with E-state index in [2.05, 4.69) is 9.64 Å². The molecule has 1 aliphatic heterocycles. The highest BCUT2D eigenvalue weighted by atomic mass is 19.4. The third-order valence-electron chi connectivity index (χ3n) is 4.36. The van der Waals surface area contributed by atoms with Gasteiger partial charge in [0.1, 0.15) is 5.75 Å². The van der Waals surface area contributed by atoms with Crippen molar-refractivity contribution in [3.05, 3.63) is 65.7 Å². The second-order valence-corrected chi connectivity index (χ2v) is 6.26.